The van der Waals surface area contributed by atoms with Crippen molar-refractivity contribution in [1.82, 2.24) is 24.7 Å². The lowest BCUT2D eigenvalue weighted by atomic mass is 9.94. The van der Waals surface area contributed by atoms with Crippen LogP contribution in [0.5, 0.6) is 0 Å². The fourth-order valence-electron chi connectivity index (χ4n) is 6.83. The third kappa shape index (κ3) is 6.80. The summed E-state index contributed by atoms with van der Waals surface area (Å²) in [6, 6.07) is 21.0. The van der Waals surface area contributed by atoms with E-state index in [-0.39, 0.29) is 35.6 Å². The van der Waals surface area contributed by atoms with E-state index in [4.69, 9.17) is 4.74 Å². The van der Waals surface area contributed by atoms with Crippen LogP contribution in [0.2, 0.25) is 0 Å². The third-order valence-corrected chi connectivity index (χ3v) is 9.20. The second-order valence-electron chi connectivity index (χ2n) is 13.5. The van der Waals surface area contributed by atoms with Crippen LogP contribution in [-0.2, 0) is 20.7 Å². The van der Waals surface area contributed by atoms with Crippen molar-refractivity contribution in [2.75, 3.05) is 26.2 Å². The van der Waals surface area contributed by atoms with E-state index in [1.807, 2.05) is 97.0 Å². The zero-order valence-electron chi connectivity index (χ0n) is 26.8. The molecule has 3 heterocycles. The van der Waals surface area contributed by atoms with E-state index in [0.717, 1.165) is 27.4 Å². The van der Waals surface area contributed by atoms with Crippen LogP contribution in [0.25, 0.3) is 21.8 Å². The first kappa shape index (κ1) is 31.4. The Hall–Kier alpha value is -4.60. The van der Waals surface area contributed by atoms with Crippen LogP contribution in [0, 0.1) is 5.92 Å². The minimum absolute atomic E-state index is 0.0195. The van der Waals surface area contributed by atoms with Gasteiger partial charge in [0.25, 0.3) is 0 Å². The lowest BCUT2D eigenvalue weighted by Crippen LogP contribution is -2.54. The van der Waals surface area contributed by atoms with E-state index in [2.05, 4.69) is 10.3 Å². The summed E-state index contributed by atoms with van der Waals surface area (Å²) >= 11 is 0. The van der Waals surface area contributed by atoms with Crippen LogP contribution in [0.1, 0.15) is 58.1 Å². The Balaban J connectivity index is 1.16. The van der Waals surface area contributed by atoms with E-state index in [1.165, 1.54) is 0 Å². The maximum absolute atomic E-state index is 14.2. The Morgan fingerprint density at radius 2 is 1.52 bits per heavy atom. The highest BCUT2D eigenvalue weighted by Gasteiger charge is 2.35. The molecule has 2 aliphatic heterocycles. The monoisotopic (exact) mass is 625 g/mol. The molecule has 2 N–H and O–H groups in total. The molecule has 4 aromatic rings. The van der Waals surface area contributed by atoms with Crippen LogP contribution < -0.4 is 11.0 Å². The van der Waals surface area contributed by atoms with Crippen molar-refractivity contribution in [3.05, 3.63) is 82.8 Å². The topological polar surface area (TPSA) is 117 Å². The predicted octanol–water partition coefficient (Wildman–Crippen LogP) is 5.02. The Morgan fingerprint density at radius 3 is 2.26 bits per heavy atom. The minimum atomic E-state index is -0.741. The number of piperidine rings is 2. The SMILES string of the molecule is CC(C)(C)OC(=O)N1CCC(C(=O)N[C@H](Cc2cccc3ccccc23)C(=O)N2CCC(n3c(=O)[nH]c4ccccc43)CC2)CC1. The number of hydrogen-bond donors (Lipinski definition) is 2. The fourth-order valence-corrected chi connectivity index (χ4v) is 6.83. The smallest absolute Gasteiger partial charge is 0.410 e. The van der Waals surface area contributed by atoms with Gasteiger partial charge in [-0.1, -0.05) is 54.6 Å². The average molecular weight is 626 g/mol. The number of likely N-dealkylation sites (tertiary alicyclic amines) is 2. The highest BCUT2D eigenvalue weighted by Crippen LogP contribution is 2.27. The number of amides is 3. The molecule has 0 unspecified atom stereocenters. The van der Waals surface area contributed by atoms with Crippen molar-refractivity contribution in [3.63, 3.8) is 0 Å². The molecule has 2 aliphatic rings. The molecule has 10 nitrogen and oxygen atoms in total. The van der Waals surface area contributed by atoms with Gasteiger partial charge in [-0.3, -0.25) is 14.2 Å². The van der Waals surface area contributed by atoms with Gasteiger partial charge < -0.3 is 24.8 Å². The number of nitrogens with one attached hydrogen (secondary N) is 2. The number of H-pyrrole nitrogens is 1. The summed E-state index contributed by atoms with van der Waals surface area (Å²) in [6.07, 6.45) is 2.30. The van der Waals surface area contributed by atoms with Crippen molar-refractivity contribution in [3.8, 4) is 0 Å². The minimum Gasteiger partial charge on any atom is -0.444 e. The van der Waals surface area contributed by atoms with Gasteiger partial charge in [0.15, 0.2) is 0 Å². The Labute approximate surface area is 268 Å². The van der Waals surface area contributed by atoms with E-state index < -0.39 is 11.6 Å². The average Bonchev–Trinajstić information content (AvgIpc) is 3.39. The molecule has 10 heteroatoms. The molecular formula is C36H43N5O5. The summed E-state index contributed by atoms with van der Waals surface area (Å²) in [5.74, 6) is -0.583. The van der Waals surface area contributed by atoms with Crippen molar-refractivity contribution < 1.29 is 19.1 Å². The van der Waals surface area contributed by atoms with Crippen molar-refractivity contribution in [2.45, 2.75) is 70.6 Å². The van der Waals surface area contributed by atoms with Gasteiger partial charge in [-0.05, 0) is 74.9 Å². The maximum Gasteiger partial charge on any atom is 0.410 e. The number of para-hydroxylation sites is 2. The standard InChI is InChI=1S/C36H43N5O5/c1-36(2,3)46-35(45)40-19-15-25(16-20-40)32(42)37-30(23-26-11-8-10-24-9-4-5-12-28(24)26)33(43)39-21-17-27(18-22-39)41-31-14-7-6-13-29(31)38-34(41)44/h4-14,25,27,30H,15-23H2,1-3H3,(H,37,42)(H,38,44)/t30-/m1/s1. The number of imidazole rings is 1. The zero-order chi connectivity index (χ0) is 32.4. The summed E-state index contributed by atoms with van der Waals surface area (Å²) in [4.78, 5) is 59.6. The first-order chi connectivity index (χ1) is 22.1. The van der Waals surface area contributed by atoms with Crippen LogP contribution in [0.15, 0.2) is 71.5 Å². The normalized spacial score (nSPS) is 17.3. The number of ether oxygens (including phenoxy) is 1. The summed E-state index contributed by atoms with van der Waals surface area (Å²) in [7, 11) is 0. The summed E-state index contributed by atoms with van der Waals surface area (Å²) in [6.45, 7) is 7.34. The number of carbonyl (C=O) groups is 3. The molecule has 1 aromatic heterocycles. The van der Waals surface area contributed by atoms with Crippen LogP contribution in [0.4, 0.5) is 4.79 Å². The van der Waals surface area contributed by atoms with E-state index in [1.54, 1.807) is 4.90 Å². The highest BCUT2D eigenvalue weighted by molar-refractivity contribution is 5.91. The van der Waals surface area contributed by atoms with E-state index in [9.17, 15) is 19.2 Å². The second-order valence-corrected chi connectivity index (χ2v) is 13.5. The number of nitrogens with zero attached hydrogens (tertiary/aromatic N) is 3. The molecule has 2 saturated heterocycles. The highest BCUT2D eigenvalue weighted by atomic mass is 16.6. The molecule has 6 rings (SSSR count). The Bertz CT molecular complexity index is 1780. The van der Waals surface area contributed by atoms with Crippen molar-refractivity contribution >= 4 is 39.7 Å². The number of aromatic amines is 1. The molecular weight excluding hydrogens is 582 g/mol. The van der Waals surface area contributed by atoms with Crippen molar-refractivity contribution in [2.24, 2.45) is 5.92 Å². The lowest BCUT2D eigenvalue weighted by Gasteiger charge is -2.36. The molecule has 0 spiro atoms. The molecule has 1 atom stereocenters. The summed E-state index contributed by atoms with van der Waals surface area (Å²) < 4.78 is 7.33. The zero-order valence-corrected chi connectivity index (χ0v) is 26.8. The Morgan fingerprint density at radius 1 is 0.870 bits per heavy atom. The first-order valence-corrected chi connectivity index (χ1v) is 16.3. The quantitative estimate of drug-likeness (QED) is 0.312. The summed E-state index contributed by atoms with van der Waals surface area (Å²) in [5, 5.41) is 5.26. The third-order valence-electron chi connectivity index (χ3n) is 9.20. The van der Waals surface area contributed by atoms with Gasteiger partial charge in [0.05, 0.1) is 11.0 Å². The number of benzene rings is 3. The van der Waals surface area contributed by atoms with Gasteiger partial charge >= 0.3 is 11.8 Å². The van der Waals surface area contributed by atoms with E-state index >= 15 is 0 Å². The Kier molecular flexibility index (Phi) is 8.88. The fraction of sp³-hybridized carbons (Fsp3) is 0.444. The molecule has 0 bridgehead atoms. The number of fused-ring (bicyclic) bond motifs is 2. The number of carbonyl (C=O) groups excluding carboxylic acids is 3. The largest absolute Gasteiger partial charge is 0.444 e. The molecule has 2 fully saturated rings. The predicted molar refractivity (Wildman–Crippen MR) is 178 cm³/mol. The van der Waals surface area contributed by atoms with Gasteiger partial charge in [0.2, 0.25) is 11.8 Å². The van der Waals surface area contributed by atoms with Gasteiger partial charge in [-0.15, -0.1) is 0 Å². The van der Waals surface area contributed by atoms with Crippen LogP contribution in [0.3, 0.4) is 0 Å². The molecule has 46 heavy (non-hydrogen) atoms. The maximum atomic E-state index is 14.2. The van der Waals surface area contributed by atoms with Gasteiger partial charge in [-0.25, -0.2) is 9.59 Å². The molecule has 3 amide bonds. The van der Waals surface area contributed by atoms with Crippen molar-refractivity contribution in [1.29, 1.82) is 0 Å². The second kappa shape index (κ2) is 13.0. The summed E-state index contributed by atoms with van der Waals surface area (Å²) in [5.41, 5.74) is 1.96. The molecule has 0 saturated carbocycles. The lowest BCUT2D eigenvalue weighted by molar-refractivity contribution is -0.138. The van der Waals surface area contributed by atoms with Crippen LogP contribution in [-0.4, -0.2) is 75.1 Å². The van der Waals surface area contributed by atoms with Gasteiger partial charge in [-0.2, -0.15) is 0 Å². The van der Waals surface area contributed by atoms with Crippen LogP contribution >= 0.6 is 0 Å². The first-order valence-electron chi connectivity index (χ1n) is 16.3. The van der Waals surface area contributed by atoms with Gasteiger partial charge in [0, 0.05) is 44.6 Å². The molecule has 242 valence electrons. The number of aromatic nitrogens is 2. The van der Waals surface area contributed by atoms with Gasteiger partial charge in [0.1, 0.15) is 11.6 Å². The number of rotatable bonds is 6. The molecule has 0 radical (unpaired) electrons. The number of hydrogen-bond acceptors (Lipinski definition) is 5. The van der Waals surface area contributed by atoms with E-state index in [0.29, 0.717) is 58.3 Å². The molecule has 0 aliphatic carbocycles. The molecule has 3 aromatic carbocycles.